The van der Waals surface area contributed by atoms with Crippen LogP contribution in [0.4, 0.5) is 4.39 Å². The Bertz CT molecular complexity index is 1100. The van der Waals surface area contributed by atoms with Crippen molar-refractivity contribution in [3.63, 3.8) is 0 Å². The zero-order valence-corrected chi connectivity index (χ0v) is 15.0. The number of rotatable bonds is 2. The van der Waals surface area contributed by atoms with Crippen molar-refractivity contribution in [3.05, 3.63) is 76.4 Å². The fraction of sp³-hybridized carbons (Fsp3) is 0.286. The number of hydrogen-bond donors (Lipinski definition) is 0. The number of piperidine rings is 1. The third-order valence-electron chi connectivity index (χ3n) is 5.64. The topological polar surface area (TPSA) is 68.3 Å². The molecule has 28 heavy (non-hydrogen) atoms. The van der Waals surface area contributed by atoms with E-state index in [4.69, 9.17) is 4.42 Å². The first-order valence-electron chi connectivity index (χ1n) is 9.28. The highest BCUT2D eigenvalue weighted by molar-refractivity contribution is 5.97. The summed E-state index contributed by atoms with van der Waals surface area (Å²) in [5.74, 6) is 0.156. The number of oxazole rings is 1. The lowest BCUT2D eigenvalue weighted by Crippen LogP contribution is -2.49. The van der Waals surface area contributed by atoms with Gasteiger partial charge in [-0.2, -0.15) is 0 Å². The summed E-state index contributed by atoms with van der Waals surface area (Å²) in [7, 11) is 0. The zero-order chi connectivity index (χ0) is 19.3. The quantitative estimate of drug-likeness (QED) is 0.687. The smallest absolute Gasteiger partial charge is 0.276 e. The van der Waals surface area contributed by atoms with Gasteiger partial charge in [0.1, 0.15) is 5.82 Å². The summed E-state index contributed by atoms with van der Waals surface area (Å²) >= 11 is 0. The molecule has 3 aromatic rings. The van der Waals surface area contributed by atoms with Gasteiger partial charge in [-0.15, -0.1) is 0 Å². The summed E-state index contributed by atoms with van der Waals surface area (Å²) in [5, 5.41) is 0. The molecule has 0 aliphatic carbocycles. The van der Waals surface area contributed by atoms with Crippen LogP contribution in [0.25, 0.3) is 11.3 Å². The summed E-state index contributed by atoms with van der Waals surface area (Å²) in [6.07, 6.45) is 2.21. The third kappa shape index (κ3) is 2.74. The van der Waals surface area contributed by atoms with E-state index < -0.39 is 0 Å². The van der Waals surface area contributed by atoms with Crippen LogP contribution in [0.3, 0.4) is 0 Å². The first-order valence-corrected chi connectivity index (χ1v) is 9.28. The molecule has 5 rings (SSSR count). The van der Waals surface area contributed by atoms with Gasteiger partial charge >= 0.3 is 0 Å². The van der Waals surface area contributed by atoms with E-state index in [0.717, 1.165) is 12.1 Å². The molecular weight excluding hydrogens is 361 g/mol. The molecule has 2 aliphatic rings. The normalized spacial score (nSPS) is 20.7. The van der Waals surface area contributed by atoms with Gasteiger partial charge in [0.15, 0.2) is 17.8 Å². The zero-order valence-electron chi connectivity index (χ0n) is 15.0. The van der Waals surface area contributed by atoms with E-state index in [9.17, 15) is 14.0 Å². The van der Waals surface area contributed by atoms with Gasteiger partial charge in [0.25, 0.3) is 11.5 Å². The molecule has 6 nitrogen and oxygen atoms in total. The highest BCUT2D eigenvalue weighted by Crippen LogP contribution is 2.36. The Morgan fingerprint density at radius 2 is 1.93 bits per heavy atom. The monoisotopic (exact) mass is 379 g/mol. The van der Waals surface area contributed by atoms with Crippen LogP contribution < -0.4 is 5.56 Å². The van der Waals surface area contributed by atoms with Crippen LogP contribution in [0.5, 0.6) is 0 Å². The average molecular weight is 379 g/mol. The molecule has 1 aromatic carbocycles. The lowest BCUT2D eigenvalue weighted by atomic mass is 9.83. The minimum atomic E-state index is -0.353. The first kappa shape index (κ1) is 16.9. The van der Waals surface area contributed by atoms with Gasteiger partial charge in [-0.05, 0) is 42.7 Å². The van der Waals surface area contributed by atoms with E-state index in [1.54, 1.807) is 29.2 Å². The number of likely N-dealkylation sites (tertiary alicyclic amines) is 1. The molecule has 0 unspecified atom stereocenters. The Hall–Kier alpha value is -3.22. The van der Waals surface area contributed by atoms with Crippen LogP contribution >= 0.6 is 0 Å². The van der Waals surface area contributed by atoms with E-state index in [2.05, 4.69) is 4.98 Å². The van der Waals surface area contributed by atoms with Crippen LogP contribution in [0.2, 0.25) is 0 Å². The van der Waals surface area contributed by atoms with Crippen LogP contribution in [0, 0.1) is 11.7 Å². The van der Waals surface area contributed by atoms with E-state index in [1.807, 2.05) is 10.6 Å². The van der Waals surface area contributed by atoms with Crippen LogP contribution in [-0.4, -0.2) is 33.4 Å². The van der Waals surface area contributed by atoms with Crippen LogP contribution in [0.1, 0.15) is 28.5 Å². The van der Waals surface area contributed by atoms with Crippen LogP contribution in [-0.2, 0) is 6.54 Å². The number of fused-ring (bicyclic) bond motifs is 4. The summed E-state index contributed by atoms with van der Waals surface area (Å²) in [6.45, 7) is 1.74. The molecule has 0 saturated carbocycles. The predicted octanol–water partition coefficient (Wildman–Crippen LogP) is 2.90. The standard InChI is InChI=1S/C21H18FN3O3/c22-16-6-4-14(5-7-16)20-19(23-12-28-20)21(27)24-9-13-8-15(11-24)17-2-1-3-18(26)25(17)10-13/h1-7,12-13,15H,8-11H2/t13-,15-/m0/s1. The number of nitrogens with zero attached hydrogens (tertiary/aromatic N) is 3. The summed E-state index contributed by atoms with van der Waals surface area (Å²) < 4.78 is 20.5. The highest BCUT2D eigenvalue weighted by atomic mass is 19.1. The molecule has 1 amide bonds. The van der Waals surface area contributed by atoms with E-state index in [0.29, 0.717) is 31.0 Å². The lowest BCUT2D eigenvalue weighted by molar-refractivity contribution is 0.0589. The maximum Gasteiger partial charge on any atom is 0.276 e. The summed E-state index contributed by atoms with van der Waals surface area (Å²) in [5.41, 5.74) is 1.84. The summed E-state index contributed by atoms with van der Waals surface area (Å²) in [6, 6.07) is 11.1. The molecule has 7 heteroatoms. The van der Waals surface area contributed by atoms with Gasteiger partial charge in [0.2, 0.25) is 0 Å². The van der Waals surface area contributed by atoms with Crippen molar-refractivity contribution in [2.45, 2.75) is 18.9 Å². The van der Waals surface area contributed by atoms with Gasteiger partial charge in [0.05, 0.1) is 0 Å². The maximum absolute atomic E-state index is 13.2. The second kappa shape index (κ2) is 6.44. The van der Waals surface area contributed by atoms with Crippen molar-refractivity contribution in [2.75, 3.05) is 13.1 Å². The van der Waals surface area contributed by atoms with Gasteiger partial charge in [-0.3, -0.25) is 9.59 Å². The first-order chi connectivity index (χ1) is 13.6. The molecular formula is C21H18FN3O3. The van der Waals surface area contributed by atoms with Crippen molar-refractivity contribution < 1.29 is 13.6 Å². The Morgan fingerprint density at radius 3 is 2.75 bits per heavy atom. The van der Waals surface area contributed by atoms with Gasteiger partial charge in [-0.1, -0.05) is 6.07 Å². The largest absolute Gasteiger partial charge is 0.443 e. The fourth-order valence-corrected chi connectivity index (χ4v) is 4.42. The number of aromatic nitrogens is 2. The Balaban J connectivity index is 1.45. The second-order valence-electron chi connectivity index (χ2n) is 7.45. The van der Waals surface area contributed by atoms with E-state index in [-0.39, 0.29) is 34.8 Å². The van der Waals surface area contributed by atoms with E-state index >= 15 is 0 Å². The second-order valence-corrected chi connectivity index (χ2v) is 7.45. The maximum atomic E-state index is 13.2. The molecule has 4 heterocycles. The van der Waals surface area contributed by atoms with Crippen molar-refractivity contribution >= 4 is 5.91 Å². The van der Waals surface area contributed by atoms with Crippen molar-refractivity contribution in [3.8, 4) is 11.3 Å². The number of halogens is 1. The number of carbonyl (C=O) groups excluding carboxylic acids is 1. The van der Waals surface area contributed by atoms with Crippen molar-refractivity contribution in [2.24, 2.45) is 5.92 Å². The Labute approximate surface area is 160 Å². The minimum Gasteiger partial charge on any atom is -0.443 e. The van der Waals surface area contributed by atoms with Crippen molar-refractivity contribution in [1.29, 1.82) is 0 Å². The molecule has 142 valence electrons. The predicted molar refractivity (Wildman–Crippen MR) is 99.4 cm³/mol. The van der Waals surface area contributed by atoms with E-state index in [1.165, 1.54) is 18.5 Å². The summed E-state index contributed by atoms with van der Waals surface area (Å²) in [4.78, 5) is 31.3. The molecule has 1 saturated heterocycles. The van der Waals surface area contributed by atoms with Crippen LogP contribution in [0.15, 0.2) is 58.1 Å². The Kier molecular flexibility index (Phi) is 3.89. The average Bonchev–Trinajstić information content (AvgIpc) is 3.18. The molecule has 2 bridgehead atoms. The third-order valence-corrected chi connectivity index (χ3v) is 5.64. The molecule has 1 fully saturated rings. The molecule has 0 radical (unpaired) electrons. The number of hydrogen-bond acceptors (Lipinski definition) is 4. The minimum absolute atomic E-state index is 0.0158. The molecule has 2 atom stereocenters. The number of benzene rings is 1. The SMILES string of the molecule is O=C(c1ncoc1-c1ccc(F)cc1)N1C[C@@H]2C[C@@H](C1)c1cccc(=O)n1C2. The number of carbonyl (C=O) groups is 1. The number of amides is 1. The molecule has 2 aromatic heterocycles. The van der Waals surface area contributed by atoms with Crippen molar-refractivity contribution in [1.82, 2.24) is 14.5 Å². The fourth-order valence-electron chi connectivity index (χ4n) is 4.42. The molecule has 0 spiro atoms. The highest BCUT2D eigenvalue weighted by Gasteiger charge is 2.37. The van der Waals surface area contributed by atoms with Gasteiger partial charge < -0.3 is 13.9 Å². The number of pyridine rings is 1. The Morgan fingerprint density at radius 1 is 1.11 bits per heavy atom. The lowest BCUT2D eigenvalue weighted by Gasteiger charge is -2.42. The van der Waals surface area contributed by atoms with Gasteiger partial charge in [0, 0.05) is 42.9 Å². The van der Waals surface area contributed by atoms with Gasteiger partial charge in [-0.25, -0.2) is 9.37 Å². The molecule has 2 aliphatic heterocycles. The molecule has 0 N–H and O–H groups in total.